The van der Waals surface area contributed by atoms with Crippen LogP contribution in [-0.4, -0.2) is 40.1 Å². The molecular weight excluding hydrogens is 286 g/mol. The summed E-state index contributed by atoms with van der Waals surface area (Å²) in [6, 6.07) is -0.186. The van der Waals surface area contributed by atoms with Crippen LogP contribution >= 0.6 is 23.1 Å². The SMILES string of the molecule is CSCC(C)NC(=O)NCc1nc(C)c(C(=O)O)s1. The number of thioether (sulfide) groups is 1. The fraction of sp³-hybridized carbons (Fsp3) is 0.545. The second-order valence-electron chi connectivity index (χ2n) is 4.01. The molecule has 0 aliphatic heterocycles. The van der Waals surface area contributed by atoms with E-state index in [1.807, 2.05) is 13.2 Å². The third kappa shape index (κ3) is 5.07. The highest BCUT2D eigenvalue weighted by Gasteiger charge is 2.14. The Morgan fingerprint density at radius 3 is 2.74 bits per heavy atom. The van der Waals surface area contributed by atoms with Crippen molar-refractivity contribution in [2.75, 3.05) is 12.0 Å². The highest BCUT2D eigenvalue weighted by atomic mass is 32.2. The Morgan fingerprint density at radius 2 is 2.21 bits per heavy atom. The van der Waals surface area contributed by atoms with E-state index in [4.69, 9.17) is 5.11 Å². The molecule has 6 nitrogen and oxygen atoms in total. The number of hydrogen-bond donors (Lipinski definition) is 3. The second kappa shape index (κ2) is 7.34. The minimum absolute atomic E-state index is 0.0858. The molecule has 0 saturated heterocycles. The van der Waals surface area contributed by atoms with Gasteiger partial charge < -0.3 is 15.7 Å². The molecule has 0 aliphatic rings. The van der Waals surface area contributed by atoms with Crippen molar-refractivity contribution in [2.24, 2.45) is 0 Å². The first kappa shape index (κ1) is 15.8. The number of carboxylic acid groups (broad SMARTS) is 1. The van der Waals surface area contributed by atoms with Crippen LogP contribution in [-0.2, 0) is 6.54 Å². The monoisotopic (exact) mass is 303 g/mol. The topological polar surface area (TPSA) is 91.3 Å². The van der Waals surface area contributed by atoms with Gasteiger partial charge in [-0.3, -0.25) is 0 Å². The number of urea groups is 1. The molecule has 1 aromatic rings. The van der Waals surface area contributed by atoms with E-state index >= 15 is 0 Å². The smallest absolute Gasteiger partial charge is 0.347 e. The second-order valence-corrected chi connectivity index (χ2v) is 6.01. The van der Waals surface area contributed by atoms with Crippen LogP contribution in [0, 0.1) is 6.92 Å². The molecule has 2 amide bonds. The maximum atomic E-state index is 11.6. The number of amides is 2. The Bertz CT molecular complexity index is 462. The van der Waals surface area contributed by atoms with Crippen molar-refractivity contribution in [3.05, 3.63) is 15.6 Å². The van der Waals surface area contributed by atoms with Crippen molar-refractivity contribution in [2.45, 2.75) is 26.4 Å². The van der Waals surface area contributed by atoms with Crippen LogP contribution in [0.5, 0.6) is 0 Å². The Labute approximate surface area is 120 Å². The van der Waals surface area contributed by atoms with E-state index in [2.05, 4.69) is 15.6 Å². The zero-order valence-corrected chi connectivity index (χ0v) is 12.7. The molecule has 1 heterocycles. The summed E-state index contributed by atoms with van der Waals surface area (Å²) in [5, 5.41) is 14.9. The summed E-state index contributed by atoms with van der Waals surface area (Å²) in [7, 11) is 0. The number of rotatable bonds is 6. The molecule has 1 atom stereocenters. The lowest BCUT2D eigenvalue weighted by atomic mass is 10.4. The summed E-state index contributed by atoms with van der Waals surface area (Å²) in [6.07, 6.45) is 1.97. The van der Waals surface area contributed by atoms with Gasteiger partial charge in [0.05, 0.1) is 12.2 Å². The number of nitrogens with one attached hydrogen (secondary N) is 2. The predicted molar refractivity (Wildman–Crippen MR) is 77.0 cm³/mol. The van der Waals surface area contributed by atoms with Gasteiger partial charge in [0.25, 0.3) is 0 Å². The van der Waals surface area contributed by atoms with Crippen molar-refractivity contribution in [1.82, 2.24) is 15.6 Å². The first-order valence-corrected chi connectivity index (χ1v) is 7.88. The Balaban J connectivity index is 2.46. The van der Waals surface area contributed by atoms with E-state index in [-0.39, 0.29) is 23.5 Å². The molecule has 106 valence electrons. The van der Waals surface area contributed by atoms with E-state index in [0.29, 0.717) is 10.7 Å². The molecule has 0 radical (unpaired) electrons. The number of aromatic nitrogens is 1. The van der Waals surface area contributed by atoms with Crippen molar-refractivity contribution >= 4 is 35.1 Å². The van der Waals surface area contributed by atoms with Crippen LogP contribution in [0.3, 0.4) is 0 Å². The number of hydrogen-bond acceptors (Lipinski definition) is 5. The first-order valence-electron chi connectivity index (χ1n) is 5.67. The summed E-state index contributed by atoms with van der Waals surface area (Å²) in [5.41, 5.74) is 0.477. The quantitative estimate of drug-likeness (QED) is 0.744. The average molecular weight is 303 g/mol. The van der Waals surface area contributed by atoms with Crippen molar-refractivity contribution < 1.29 is 14.7 Å². The number of thiazole rings is 1. The zero-order valence-electron chi connectivity index (χ0n) is 11.0. The number of nitrogens with zero attached hydrogens (tertiary/aromatic N) is 1. The van der Waals surface area contributed by atoms with Crippen LogP contribution in [0.25, 0.3) is 0 Å². The van der Waals surface area contributed by atoms with Crippen LogP contribution in [0.4, 0.5) is 4.79 Å². The third-order valence-electron chi connectivity index (χ3n) is 2.23. The minimum atomic E-state index is -0.987. The highest BCUT2D eigenvalue weighted by Crippen LogP contribution is 2.17. The summed E-state index contributed by atoms with van der Waals surface area (Å²) in [6.45, 7) is 3.80. The van der Waals surface area contributed by atoms with Gasteiger partial charge in [0.2, 0.25) is 0 Å². The first-order chi connectivity index (χ1) is 8.93. The molecule has 1 unspecified atom stereocenters. The van der Waals surface area contributed by atoms with Crippen LogP contribution < -0.4 is 10.6 Å². The largest absolute Gasteiger partial charge is 0.477 e. The molecule has 1 rings (SSSR count). The average Bonchev–Trinajstić information content (AvgIpc) is 2.68. The summed E-state index contributed by atoms with van der Waals surface area (Å²) in [5.74, 6) is -0.147. The van der Waals surface area contributed by atoms with E-state index in [1.165, 1.54) is 0 Å². The fourth-order valence-corrected chi connectivity index (χ4v) is 2.88. The van der Waals surface area contributed by atoms with Crippen molar-refractivity contribution in [1.29, 1.82) is 0 Å². The summed E-state index contributed by atoms with van der Waals surface area (Å²) >= 11 is 2.74. The van der Waals surface area contributed by atoms with Gasteiger partial charge in [-0.15, -0.1) is 11.3 Å². The number of carboxylic acids is 1. The molecule has 0 aliphatic carbocycles. The lowest BCUT2D eigenvalue weighted by molar-refractivity contribution is 0.0701. The van der Waals surface area contributed by atoms with Crippen LogP contribution in [0.1, 0.15) is 27.3 Å². The fourth-order valence-electron chi connectivity index (χ4n) is 1.45. The Hall–Kier alpha value is -1.28. The van der Waals surface area contributed by atoms with Gasteiger partial charge in [0, 0.05) is 11.8 Å². The standard InChI is InChI=1S/C11H17N3O3S2/c1-6(5-18-3)13-11(17)12-4-8-14-7(2)9(19-8)10(15)16/h6H,4-5H2,1-3H3,(H,15,16)(H2,12,13,17). The molecule has 0 bridgehead atoms. The number of aryl methyl sites for hydroxylation is 1. The molecular formula is C11H17N3O3S2. The third-order valence-corrected chi connectivity index (χ3v) is 4.21. The molecule has 0 saturated carbocycles. The van der Waals surface area contributed by atoms with Gasteiger partial charge in [0.1, 0.15) is 9.88 Å². The van der Waals surface area contributed by atoms with E-state index in [1.54, 1.807) is 18.7 Å². The lowest BCUT2D eigenvalue weighted by Gasteiger charge is -2.12. The molecule has 0 aromatic carbocycles. The molecule has 0 spiro atoms. The zero-order chi connectivity index (χ0) is 14.4. The number of aromatic carboxylic acids is 1. The lowest BCUT2D eigenvalue weighted by Crippen LogP contribution is -2.41. The van der Waals surface area contributed by atoms with Gasteiger partial charge in [-0.2, -0.15) is 11.8 Å². The van der Waals surface area contributed by atoms with Crippen molar-refractivity contribution in [3.8, 4) is 0 Å². The molecule has 3 N–H and O–H groups in total. The van der Waals surface area contributed by atoms with E-state index in [0.717, 1.165) is 17.1 Å². The molecule has 8 heteroatoms. The van der Waals surface area contributed by atoms with Gasteiger partial charge in [0.15, 0.2) is 0 Å². The van der Waals surface area contributed by atoms with Gasteiger partial charge in [-0.25, -0.2) is 14.6 Å². The summed E-state index contributed by atoms with van der Waals surface area (Å²) < 4.78 is 0. The van der Waals surface area contributed by atoms with E-state index < -0.39 is 5.97 Å². The van der Waals surface area contributed by atoms with Gasteiger partial charge in [-0.1, -0.05) is 0 Å². The Kier molecular flexibility index (Phi) is 6.10. The minimum Gasteiger partial charge on any atom is -0.477 e. The van der Waals surface area contributed by atoms with Crippen LogP contribution in [0.2, 0.25) is 0 Å². The van der Waals surface area contributed by atoms with Gasteiger partial charge >= 0.3 is 12.0 Å². The maximum absolute atomic E-state index is 11.6. The summed E-state index contributed by atoms with van der Waals surface area (Å²) in [4.78, 5) is 26.7. The van der Waals surface area contributed by atoms with Gasteiger partial charge in [-0.05, 0) is 20.1 Å². The maximum Gasteiger partial charge on any atom is 0.347 e. The number of carbonyl (C=O) groups is 2. The normalized spacial score (nSPS) is 11.9. The highest BCUT2D eigenvalue weighted by molar-refractivity contribution is 7.98. The molecule has 0 fully saturated rings. The molecule has 19 heavy (non-hydrogen) atoms. The number of carbonyl (C=O) groups excluding carboxylic acids is 1. The van der Waals surface area contributed by atoms with Crippen LogP contribution in [0.15, 0.2) is 0 Å². The van der Waals surface area contributed by atoms with E-state index in [9.17, 15) is 9.59 Å². The van der Waals surface area contributed by atoms with Crippen molar-refractivity contribution in [3.63, 3.8) is 0 Å². The predicted octanol–water partition coefficient (Wildman–Crippen LogP) is 1.70. The Morgan fingerprint density at radius 1 is 1.53 bits per heavy atom. The molecule has 1 aromatic heterocycles.